The van der Waals surface area contributed by atoms with Crippen molar-refractivity contribution in [1.29, 1.82) is 0 Å². The summed E-state index contributed by atoms with van der Waals surface area (Å²) < 4.78 is 12.5. The highest BCUT2D eigenvalue weighted by atomic mass is 79.9. The van der Waals surface area contributed by atoms with Gasteiger partial charge < -0.3 is 14.8 Å². The van der Waals surface area contributed by atoms with Crippen molar-refractivity contribution >= 4 is 43.5 Å². The van der Waals surface area contributed by atoms with E-state index >= 15 is 0 Å². The Morgan fingerprint density at radius 1 is 1.12 bits per heavy atom. The van der Waals surface area contributed by atoms with Crippen molar-refractivity contribution in [2.75, 3.05) is 18.7 Å². The van der Waals surface area contributed by atoms with E-state index < -0.39 is 5.54 Å². The molecule has 5 nitrogen and oxygen atoms in total. The van der Waals surface area contributed by atoms with Crippen molar-refractivity contribution in [3.63, 3.8) is 0 Å². The van der Waals surface area contributed by atoms with Crippen LogP contribution in [0, 0.1) is 6.92 Å². The minimum Gasteiger partial charge on any atom is -0.454 e. The van der Waals surface area contributed by atoms with E-state index in [1.165, 1.54) is 0 Å². The van der Waals surface area contributed by atoms with E-state index in [9.17, 15) is 4.79 Å². The average molecular weight is 484 g/mol. The lowest BCUT2D eigenvalue weighted by Crippen LogP contribution is -2.41. The Balaban J connectivity index is 1.65. The van der Waals surface area contributed by atoms with Crippen LogP contribution in [0.25, 0.3) is 0 Å². The third-order valence-corrected chi connectivity index (χ3v) is 5.49. The van der Waals surface area contributed by atoms with Gasteiger partial charge in [-0.15, -0.1) is 0 Å². The molecule has 0 aromatic heterocycles. The molecule has 3 rings (SSSR count). The van der Waals surface area contributed by atoms with Crippen LogP contribution in [0.2, 0.25) is 0 Å². The minimum absolute atomic E-state index is 0.121. The predicted octanol–water partition coefficient (Wildman–Crippen LogP) is 4.71. The van der Waals surface area contributed by atoms with Crippen LogP contribution < -0.4 is 20.1 Å². The molecular weight excluding hydrogens is 464 g/mol. The van der Waals surface area contributed by atoms with Gasteiger partial charge in [0.1, 0.15) is 0 Å². The largest absolute Gasteiger partial charge is 0.454 e. The Morgan fingerprint density at radius 2 is 1.77 bits per heavy atom. The molecule has 0 bridgehead atoms. The van der Waals surface area contributed by atoms with Gasteiger partial charge in [0, 0.05) is 14.5 Å². The molecule has 1 aliphatic heterocycles. The van der Waals surface area contributed by atoms with Gasteiger partial charge in [-0.3, -0.25) is 10.1 Å². The van der Waals surface area contributed by atoms with E-state index in [4.69, 9.17) is 9.47 Å². The van der Waals surface area contributed by atoms with E-state index in [0.717, 1.165) is 37.3 Å². The molecule has 0 saturated carbocycles. The lowest BCUT2D eigenvalue weighted by molar-refractivity contribution is -0.115. The van der Waals surface area contributed by atoms with E-state index in [2.05, 4.69) is 42.5 Å². The number of anilines is 1. The average Bonchev–Trinajstić information content (AvgIpc) is 3.04. The molecule has 2 aromatic carbocycles. The molecule has 1 amide bonds. The summed E-state index contributed by atoms with van der Waals surface area (Å²) in [5, 5.41) is 6.23. The third kappa shape index (κ3) is 4.22. The van der Waals surface area contributed by atoms with Crippen LogP contribution in [-0.4, -0.2) is 19.2 Å². The zero-order valence-electron chi connectivity index (χ0n) is 14.8. The number of aryl methyl sites for hydroxylation is 1. The van der Waals surface area contributed by atoms with Crippen LogP contribution in [0.4, 0.5) is 5.69 Å². The van der Waals surface area contributed by atoms with Crippen molar-refractivity contribution in [2.45, 2.75) is 26.3 Å². The number of nitrogens with one attached hydrogen (secondary N) is 2. The first-order valence-corrected chi connectivity index (χ1v) is 9.75. The quantitative estimate of drug-likeness (QED) is 0.646. The molecule has 0 saturated heterocycles. The van der Waals surface area contributed by atoms with Crippen LogP contribution in [0.3, 0.4) is 0 Å². The standard InChI is InChI=1S/C19H20Br2N2O3/c1-11-6-13(20)18(14(21)7-11)23-17(24)9-22-19(2,3)12-4-5-15-16(8-12)26-10-25-15/h4-8,22H,9-10H2,1-3H3,(H,23,24). The first kappa shape index (κ1) is 19.2. The van der Waals surface area contributed by atoms with E-state index in [1.54, 1.807) is 0 Å². The molecule has 0 unspecified atom stereocenters. The molecule has 0 spiro atoms. The first-order valence-electron chi connectivity index (χ1n) is 8.17. The maximum absolute atomic E-state index is 12.4. The maximum Gasteiger partial charge on any atom is 0.238 e. The van der Waals surface area contributed by atoms with E-state index in [0.29, 0.717) is 0 Å². The van der Waals surface area contributed by atoms with Gasteiger partial charge in [-0.05, 0) is 88.0 Å². The number of ether oxygens (including phenoxy) is 2. The second kappa shape index (κ2) is 7.58. The molecule has 26 heavy (non-hydrogen) atoms. The summed E-state index contributed by atoms with van der Waals surface area (Å²) in [5.41, 5.74) is 2.44. The number of carbonyl (C=O) groups is 1. The number of benzene rings is 2. The molecule has 2 aromatic rings. The smallest absolute Gasteiger partial charge is 0.238 e. The van der Waals surface area contributed by atoms with Gasteiger partial charge in [-0.1, -0.05) is 6.07 Å². The van der Waals surface area contributed by atoms with Crippen LogP contribution >= 0.6 is 31.9 Å². The van der Waals surface area contributed by atoms with Crippen molar-refractivity contribution < 1.29 is 14.3 Å². The summed E-state index contributed by atoms with van der Waals surface area (Å²) >= 11 is 6.98. The lowest BCUT2D eigenvalue weighted by atomic mass is 9.94. The van der Waals surface area contributed by atoms with Crippen LogP contribution in [0.1, 0.15) is 25.0 Å². The summed E-state index contributed by atoms with van der Waals surface area (Å²) in [6.45, 7) is 6.46. The van der Waals surface area contributed by atoms with Crippen molar-refractivity contribution in [2.24, 2.45) is 0 Å². The van der Waals surface area contributed by atoms with E-state index in [1.807, 2.05) is 51.1 Å². The molecule has 7 heteroatoms. The molecule has 0 radical (unpaired) electrons. The molecule has 2 N–H and O–H groups in total. The zero-order valence-corrected chi connectivity index (χ0v) is 18.0. The molecule has 0 aliphatic carbocycles. The van der Waals surface area contributed by atoms with Crippen LogP contribution in [0.5, 0.6) is 11.5 Å². The second-order valence-electron chi connectivity index (χ2n) is 6.70. The summed E-state index contributed by atoms with van der Waals surface area (Å²) in [6.07, 6.45) is 0. The lowest BCUT2D eigenvalue weighted by Gasteiger charge is -2.27. The Morgan fingerprint density at radius 3 is 2.46 bits per heavy atom. The number of rotatable bonds is 5. The Bertz CT molecular complexity index is 830. The Kier molecular flexibility index (Phi) is 5.60. The van der Waals surface area contributed by atoms with Crippen LogP contribution in [-0.2, 0) is 10.3 Å². The molecule has 138 valence electrons. The summed E-state index contributed by atoms with van der Waals surface area (Å²) in [6, 6.07) is 9.74. The van der Waals surface area contributed by atoms with Gasteiger partial charge in [0.15, 0.2) is 11.5 Å². The molecular formula is C19H20Br2N2O3. The van der Waals surface area contributed by atoms with Crippen molar-refractivity contribution in [3.8, 4) is 11.5 Å². The molecule has 1 heterocycles. The zero-order chi connectivity index (χ0) is 18.9. The van der Waals surface area contributed by atoms with E-state index in [-0.39, 0.29) is 19.2 Å². The number of fused-ring (bicyclic) bond motifs is 1. The van der Waals surface area contributed by atoms with Crippen molar-refractivity contribution in [3.05, 3.63) is 50.4 Å². The Hall–Kier alpha value is -1.57. The molecule has 0 fully saturated rings. The summed E-state index contributed by atoms with van der Waals surface area (Å²) in [7, 11) is 0. The van der Waals surface area contributed by atoms with Gasteiger partial charge in [0.05, 0.1) is 12.2 Å². The van der Waals surface area contributed by atoms with Gasteiger partial charge in [-0.2, -0.15) is 0 Å². The number of hydrogen-bond acceptors (Lipinski definition) is 4. The fourth-order valence-corrected chi connectivity index (χ4v) is 4.31. The third-order valence-electron chi connectivity index (χ3n) is 4.24. The monoisotopic (exact) mass is 482 g/mol. The SMILES string of the molecule is Cc1cc(Br)c(NC(=O)CNC(C)(C)c2ccc3c(c2)OCO3)c(Br)c1. The normalized spacial score (nSPS) is 13.0. The number of hydrogen-bond donors (Lipinski definition) is 2. The number of amides is 1. The topological polar surface area (TPSA) is 59.6 Å². The molecule has 0 atom stereocenters. The maximum atomic E-state index is 12.4. The Labute approximate surface area is 169 Å². The predicted molar refractivity (Wildman–Crippen MR) is 109 cm³/mol. The number of halogens is 2. The fraction of sp³-hybridized carbons (Fsp3) is 0.316. The van der Waals surface area contributed by atoms with Crippen LogP contribution in [0.15, 0.2) is 39.3 Å². The fourth-order valence-electron chi connectivity index (χ4n) is 2.69. The highest BCUT2D eigenvalue weighted by molar-refractivity contribution is 9.11. The molecule has 1 aliphatic rings. The summed E-state index contributed by atoms with van der Waals surface area (Å²) in [5.74, 6) is 1.36. The van der Waals surface area contributed by atoms with Gasteiger partial charge in [-0.25, -0.2) is 0 Å². The van der Waals surface area contributed by atoms with Crippen molar-refractivity contribution in [1.82, 2.24) is 5.32 Å². The summed E-state index contributed by atoms with van der Waals surface area (Å²) in [4.78, 5) is 12.4. The van der Waals surface area contributed by atoms with Gasteiger partial charge >= 0.3 is 0 Å². The van der Waals surface area contributed by atoms with Gasteiger partial charge in [0.2, 0.25) is 12.7 Å². The first-order chi connectivity index (χ1) is 12.3. The highest BCUT2D eigenvalue weighted by Gasteiger charge is 2.24. The highest BCUT2D eigenvalue weighted by Crippen LogP contribution is 2.36. The minimum atomic E-state index is -0.403. The second-order valence-corrected chi connectivity index (χ2v) is 8.41. The van der Waals surface area contributed by atoms with Gasteiger partial charge in [0.25, 0.3) is 0 Å². The number of carbonyl (C=O) groups excluding carboxylic acids is 1.